The number of thioether (sulfide) groups is 1. The lowest BCUT2D eigenvalue weighted by Gasteiger charge is -2.08. The maximum Gasteiger partial charge on any atom is 0.416 e. The van der Waals surface area contributed by atoms with Gasteiger partial charge in [0.2, 0.25) is 11.0 Å². The predicted molar refractivity (Wildman–Crippen MR) is 115 cm³/mol. The van der Waals surface area contributed by atoms with Gasteiger partial charge in [-0.25, -0.2) is 0 Å². The van der Waals surface area contributed by atoms with Crippen molar-refractivity contribution in [2.24, 2.45) is 0 Å². The smallest absolute Gasteiger partial charge is 0.325 e. The standard InChI is InChI=1S/C20H17F3N4O2S2/c1-11-6-7-12(2)15(8-11)24-16(28)10-30-19-27-26-18(31-19)25-17(29)13-4-3-5-14(9-13)20(21,22)23/h3-9H,10H2,1-2H3,(H,24,28)(H,25,26,29). The van der Waals surface area contributed by atoms with Crippen LogP contribution >= 0.6 is 23.1 Å². The Labute approximate surface area is 184 Å². The molecule has 0 saturated carbocycles. The predicted octanol–water partition coefficient (Wildman–Crippen LogP) is 5.16. The highest BCUT2D eigenvalue weighted by Gasteiger charge is 2.31. The molecular weight excluding hydrogens is 449 g/mol. The Morgan fingerprint density at radius 1 is 1.06 bits per heavy atom. The summed E-state index contributed by atoms with van der Waals surface area (Å²) in [6, 6.07) is 9.85. The normalized spacial score (nSPS) is 11.3. The lowest BCUT2D eigenvalue weighted by Crippen LogP contribution is -2.14. The Kier molecular flexibility index (Phi) is 6.96. The monoisotopic (exact) mass is 466 g/mol. The topological polar surface area (TPSA) is 84.0 Å². The number of benzene rings is 2. The first-order chi connectivity index (χ1) is 14.6. The van der Waals surface area contributed by atoms with Gasteiger partial charge in [0, 0.05) is 11.3 Å². The van der Waals surface area contributed by atoms with E-state index in [4.69, 9.17) is 0 Å². The molecule has 1 aromatic heterocycles. The quantitative estimate of drug-likeness (QED) is 0.387. The first-order valence-corrected chi connectivity index (χ1v) is 10.7. The van der Waals surface area contributed by atoms with Crippen LogP contribution in [0, 0.1) is 13.8 Å². The lowest BCUT2D eigenvalue weighted by atomic mass is 10.1. The Morgan fingerprint density at radius 3 is 2.58 bits per heavy atom. The second kappa shape index (κ2) is 9.48. The number of amides is 2. The van der Waals surface area contributed by atoms with Gasteiger partial charge in [-0.2, -0.15) is 13.2 Å². The van der Waals surface area contributed by atoms with Gasteiger partial charge in [-0.05, 0) is 49.2 Å². The van der Waals surface area contributed by atoms with Crippen molar-refractivity contribution >= 4 is 45.7 Å². The highest BCUT2D eigenvalue weighted by molar-refractivity contribution is 8.01. The molecule has 31 heavy (non-hydrogen) atoms. The van der Waals surface area contributed by atoms with Crippen molar-refractivity contribution in [3.63, 3.8) is 0 Å². The van der Waals surface area contributed by atoms with Gasteiger partial charge in [-0.3, -0.25) is 14.9 Å². The molecule has 0 bridgehead atoms. The third-order valence-electron chi connectivity index (χ3n) is 4.07. The number of aryl methyl sites for hydroxylation is 2. The Morgan fingerprint density at radius 2 is 1.84 bits per heavy atom. The van der Waals surface area contributed by atoms with Gasteiger partial charge in [-0.15, -0.1) is 10.2 Å². The van der Waals surface area contributed by atoms with E-state index >= 15 is 0 Å². The minimum absolute atomic E-state index is 0.0869. The molecule has 0 aliphatic rings. The molecule has 0 aliphatic heterocycles. The molecule has 162 valence electrons. The van der Waals surface area contributed by atoms with E-state index in [0.29, 0.717) is 4.34 Å². The van der Waals surface area contributed by atoms with E-state index in [1.54, 1.807) is 0 Å². The van der Waals surface area contributed by atoms with Gasteiger partial charge in [0.1, 0.15) is 0 Å². The Bertz CT molecular complexity index is 1120. The van der Waals surface area contributed by atoms with E-state index in [0.717, 1.165) is 58.1 Å². The van der Waals surface area contributed by atoms with E-state index in [1.807, 2.05) is 32.0 Å². The fourth-order valence-corrected chi connectivity index (χ4v) is 4.06. The molecule has 6 nitrogen and oxygen atoms in total. The van der Waals surface area contributed by atoms with Crippen LogP contribution in [-0.4, -0.2) is 27.8 Å². The van der Waals surface area contributed by atoms with Crippen molar-refractivity contribution in [1.82, 2.24) is 10.2 Å². The maximum atomic E-state index is 12.8. The summed E-state index contributed by atoms with van der Waals surface area (Å²) < 4.78 is 38.9. The summed E-state index contributed by atoms with van der Waals surface area (Å²) in [6.07, 6.45) is -4.54. The van der Waals surface area contributed by atoms with Crippen LogP contribution < -0.4 is 10.6 Å². The van der Waals surface area contributed by atoms with Gasteiger partial charge in [0.15, 0.2) is 4.34 Å². The second-order valence-corrected chi connectivity index (χ2v) is 8.76. The zero-order valence-corrected chi connectivity index (χ0v) is 18.0. The molecule has 0 spiro atoms. The van der Waals surface area contributed by atoms with Crippen LogP contribution in [0.4, 0.5) is 24.0 Å². The highest BCUT2D eigenvalue weighted by atomic mass is 32.2. The van der Waals surface area contributed by atoms with E-state index in [1.165, 1.54) is 6.07 Å². The number of nitrogens with zero attached hydrogens (tertiary/aromatic N) is 2. The van der Waals surface area contributed by atoms with E-state index in [9.17, 15) is 22.8 Å². The van der Waals surface area contributed by atoms with Crippen molar-refractivity contribution in [3.05, 3.63) is 64.7 Å². The van der Waals surface area contributed by atoms with Crippen molar-refractivity contribution in [2.45, 2.75) is 24.4 Å². The number of aromatic nitrogens is 2. The zero-order chi connectivity index (χ0) is 22.6. The van der Waals surface area contributed by atoms with Gasteiger partial charge in [0.25, 0.3) is 5.91 Å². The fraction of sp³-hybridized carbons (Fsp3) is 0.200. The third-order valence-corrected chi connectivity index (χ3v) is 6.04. The molecule has 0 radical (unpaired) electrons. The van der Waals surface area contributed by atoms with Gasteiger partial charge in [0.05, 0.1) is 11.3 Å². The van der Waals surface area contributed by atoms with Gasteiger partial charge < -0.3 is 5.32 Å². The highest BCUT2D eigenvalue weighted by Crippen LogP contribution is 2.30. The molecule has 2 amide bonds. The summed E-state index contributed by atoms with van der Waals surface area (Å²) in [6.45, 7) is 3.83. The van der Waals surface area contributed by atoms with Crippen LogP contribution in [0.1, 0.15) is 27.0 Å². The van der Waals surface area contributed by atoms with Crippen LogP contribution in [0.2, 0.25) is 0 Å². The summed E-state index contributed by atoms with van der Waals surface area (Å²) in [5.41, 5.74) is 1.64. The van der Waals surface area contributed by atoms with Crippen molar-refractivity contribution in [3.8, 4) is 0 Å². The number of alkyl halides is 3. The number of nitrogens with one attached hydrogen (secondary N) is 2. The maximum absolute atomic E-state index is 12.8. The lowest BCUT2D eigenvalue weighted by molar-refractivity contribution is -0.137. The fourth-order valence-electron chi connectivity index (χ4n) is 2.51. The number of carbonyl (C=O) groups is 2. The number of anilines is 2. The number of hydrogen-bond donors (Lipinski definition) is 2. The van der Waals surface area contributed by atoms with Crippen LogP contribution in [0.15, 0.2) is 46.8 Å². The number of halogens is 3. The zero-order valence-electron chi connectivity index (χ0n) is 16.4. The summed E-state index contributed by atoms with van der Waals surface area (Å²) >= 11 is 2.17. The molecule has 0 aliphatic carbocycles. The molecule has 1 heterocycles. The van der Waals surface area contributed by atoms with Crippen LogP contribution in [0.25, 0.3) is 0 Å². The summed E-state index contributed by atoms with van der Waals surface area (Å²) in [7, 11) is 0. The molecule has 0 unspecified atom stereocenters. The third kappa shape index (κ3) is 6.28. The number of rotatable bonds is 6. The molecule has 0 saturated heterocycles. The van der Waals surface area contributed by atoms with Crippen LogP contribution in [0.3, 0.4) is 0 Å². The SMILES string of the molecule is Cc1ccc(C)c(NC(=O)CSc2nnc(NC(=O)c3cccc(C(F)(F)F)c3)s2)c1. The molecule has 2 N–H and O–H groups in total. The van der Waals surface area contributed by atoms with Crippen LogP contribution in [0.5, 0.6) is 0 Å². The number of carbonyl (C=O) groups excluding carboxylic acids is 2. The molecule has 11 heteroatoms. The Hall–Kier alpha value is -2.92. The van der Waals surface area contributed by atoms with Gasteiger partial charge in [-0.1, -0.05) is 41.3 Å². The summed E-state index contributed by atoms with van der Waals surface area (Å²) in [5.74, 6) is -0.862. The summed E-state index contributed by atoms with van der Waals surface area (Å²) in [4.78, 5) is 24.4. The molecule has 3 aromatic rings. The molecule has 0 fully saturated rings. The first-order valence-electron chi connectivity index (χ1n) is 8.94. The first kappa shape index (κ1) is 22.8. The van der Waals surface area contributed by atoms with Crippen molar-refractivity contribution in [1.29, 1.82) is 0 Å². The minimum atomic E-state index is -4.54. The molecular formula is C20H17F3N4O2S2. The minimum Gasteiger partial charge on any atom is -0.325 e. The van der Waals surface area contributed by atoms with Crippen LogP contribution in [-0.2, 0) is 11.0 Å². The van der Waals surface area contributed by atoms with Crippen molar-refractivity contribution < 1.29 is 22.8 Å². The molecule has 3 rings (SSSR count). The largest absolute Gasteiger partial charge is 0.416 e. The second-order valence-electron chi connectivity index (χ2n) is 6.56. The average Bonchev–Trinajstić information content (AvgIpc) is 3.16. The van der Waals surface area contributed by atoms with Gasteiger partial charge >= 0.3 is 6.18 Å². The van der Waals surface area contributed by atoms with E-state index in [2.05, 4.69) is 20.8 Å². The Balaban J connectivity index is 1.56. The summed E-state index contributed by atoms with van der Waals surface area (Å²) in [5, 5.41) is 13.1. The van der Waals surface area contributed by atoms with E-state index in [-0.39, 0.29) is 22.4 Å². The molecule has 0 atom stereocenters. The van der Waals surface area contributed by atoms with E-state index < -0.39 is 17.6 Å². The van der Waals surface area contributed by atoms with Crippen molar-refractivity contribution in [2.75, 3.05) is 16.4 Å². The number of hydrogen-bond acceptors (Lipinski definition) is 6. The molecule has 2 aromatic carbocycles. The average molecular weight is 467 g/mol.